The van der Waals surface area contributed by atoms with Crippen molar-refractivity contribution < 1.29 is 9.32 Å². The molecular weight excluding hydrogens is 406 g/mol. The lowest BCUT2D eigenvalue weighted by atomic mass is 10.1. The molecule has 0 fully saturated rings. The summed E-state index contributed by atoms with van der Waals surface area (Å²) in [6.07, 6.45) is 0.713. The number of carbonyl (C=O) groups is 1. The Kier molecular flexibility index (Phi) is 3.61. The zero-order valence-corrected chi connectivity index (χ0v) is 12.5. The maximum Gasteiger partial charge on any atom is 0.213 e. The van der Waals surface area contributed by atoms with Crippen LogP contribution < -0.4 is 0 Å². The van der Waals surface area contributed by atoms with Gasteiger partial charge in [-0.15, -0.1) is 0 Å². The summed E-state index contributed by atoms with van der Waals surface area (Å²) in [5.74, 6) is 0. The molecule has 0 N–H and O–H groups in total. The highest BCUT2D eigenvalue weighted by molar-refractivity contribution is 9.11. The number of benzene rings is 1. The summed E-state index contributed by atoms with van der Waals surface area (Å²) < 4.78 is 7.05. The quantitative estimate of drug-likeness (QED) is 0.688. The zero-order valence-electron chi connectivity index (χ0n) is 7.71. The predicted molar refractivity (Wildman–Crippen MR) is 70.4 cm³/mol. The Morgan fingerprint density at radius 1 is 1.25 bits per heavy atom. The normalized spacial score (nSPS) is 10.4. The summed E-state index contributed by atoms with van der Waals surface area (Å²) in [5.41, 5.74) is 1.73. The van der Waals surface area contributed by atoms with Gasteiger partial charge >= 0.3 is 0 Å². The first-order valence-corrected chi connectivity index (χ1v) is 6.57. The van der Waals surface area contributed by atoms with E-state index in [1.165, 1.54) is 0 Å². The second kappa shape index (κ2) is 4.81. The van der Waals surface area contributed by atoms with E-state index in [0.29, 0.717) is 22.2 Å². The van der Waals surface area contributed by atoms with E-state index in [2.05, 4.69) is 52.9 Å². The lowest BCUT2D eigenvalue weighted by Crippen LogP contribution is -1.86. The Morgan fingerprint density at radius 2 is 2.00 bits per heavy atom. The number of aldehydes is 1. The molecule has 0 aliphatic carbocycles. The van der Waals surface area contributed by atoms with Gasteiger partial charge in [0.25, 0.3) is 0 Å². The molecule has 3 nitrogen and oxygen atoms in total. The molecule has 0 unspecified atom stereocenters. The minimum atomic E-state index is 0.340. The molecule has 82 valence electrons. The molecule has 0 saturated carbocycles. The molecule has 1 aromatic carbocycles. The van der Waals surface area contributed by atoms with Crippen LogP contribution in [-0.4, -0.2) is 11.4 Å². The van der Waals surface area contributed by atoms with Gasteiger partial charge in [-0.1, -0.05) is 43.1 Å². The van der Waals surface area contributed by atoms with Crippen LogP contribution in [0.4, 0.5) is 0 Å². The average Bonchev–Trinajstić information content (AvgIpc) is 2.59. The van der Waals surface area contributed by atoms with E-state index in [1.807, 2.05) is 18.2 Å². The zero-order chi connectivity index (χ0) is 11.7. The number of rotatable bonds is 2. The van der Waals surface area contributed by atoms with E-state index in [-0.39, 0.29) is 0 Å². The molecule has 6 heteroatoms. The molecule has 0 aliphatic rings. The Balaban J connectivity index is 2.63. The number of hydrogen-bond acceptors (Lipinski definition) is 3. The van der Waals surface area contributed by atoms with E-state index in [1.54, 1.807) is 0 Å². The molecule has 0 radical (unpaired) electrons. The molecule has 0 amide bonds. The molecule has 1 heterocycles. The summed E-state index contributed by atoms with van der Waals surface area (Å²) in [7, 11) is 0. The first-order chi connectivity index (χ1) is 7.63. The van der Waals surface area contributed by atoms with Gasteiger partial charge in [-0.2, -0.15) is 0 Å². The second-order valence-electron chi connectivity index (χ2n) is 2.96. The molecule has 2 rings (SSSR count). The van der Waals surface area contributed by atoms with Crippen LogP contribution in [-0.2, 0) is 0 Å². The Bertz CT molecular complexity index is 551. The number of nitrogens with zero attached hydrogens (tertiary/aromatic N) is 1. The largest absolute Gasteiger partial charge is 0.348 e. The van der Waals surface area contributed by atoms with Crippen LogP contribution in [0.3, 0.4) is 0 Å². The lowest BCUT2D eigenvalue weighted by Gasteiger charge is -2.01. The van der Waals surface area contributed by atoms with Crippen molar-refractivity contribution in [2.45, 2.75) is 0 Å². The highest BCUT2D eigenvalue weighted by atomic mass is 79.9. The summed E-state index contributed by atoms with van der Waals surface area (Å²) >= 11 is 9.90. The van der Waals surface area contributed by atoms with Gasteiger partial charge in [0.2, 0.25) is 4.67 Å². The van der Waals surface area contributed by atoms with Gasteiger partial charge in [0.15, 0.2) is 6.29 Å². The fraction of sp³-hybridized carbons (Fsp3) is 0. The fourth-order valence-electron chi connectivity index (χ4n) is 1.26. The number of aromatic nitrogens is 1. The summed E-state index contributed by atoms with van der Waals surface area (Å²) in [6.45, 7) is 0. The van der Waals surface area contributed by atoms with E-state index >= 15 is 0 Å². The topological polar surface area (TPSA) is 43.1 Å². The van der Waals surface area contributed by atoms with Crippen LogP contribution in [0.2, 0.25) is 0 Å². The SMILES string of the molecule is O=Cc1c(-c2ccc(Br)cc2Br)noc1Br. The second-order valence-corrected chi connectivity index (χ2v) is 5.45. The number of halogens is 3. The first kappa shape index (κ1) is 12.0. The molecule has 0 spiro atoms. The van der Waals surface area contributed by atoms with Crippen molar-refractivity contribution >= 4 is 54.1 Å². The fourth-order valence-corrected chi connectivity index (χ4v) is 2.84. The Hall–Kier alpha value is -0.460. The van der Waals surface area contributed by atoms with E-state index in [4.69, 9.17) is 4.52 Å². The molecule has 1 aromatic heterocycles. The van der Waals surface area contributed by atoms with Crippen molar-refractivity contribution in [3.05, 3.63) is 37.4 Å². The van der Waals surface area contributed by atoms with Crippen molar-refractivity contribution in [1.82, 2.24) is 5.16 Å². The maximum absolute atomic E-state index is 10.9. The van der Waals surface area contributed by atoms with E-state index in [0.717, 1.165) is 14.5 Å². The highest BCUT2D eigenvalue weighted by Crippen LogP contribution is 2.34. The average molecular weight is 410 g/mol. The van der Waals surface area contributed by atoms with Crippen molar-refractivity contribution in [3.63, 3.8) is 0 Å². The minimum Gasteiger partial charge on any atom is -0.348 e. The maximum atomic E-state index is 10.9. The van der Waals surface area contributed by atoms with Crippen LogP contribution in [0.5, 0.6) is 0 Å². The smallest absolute Gasteiger partial charge is 0.213 e. The standard InChI is InChI=1S/C10H4Br3NO2/c11-5-1-2-6(8(12)3-5)9-7(4-15)10(13)16-14-9/h1-4H. The van der Waals surface area contributed by atoms with Crippen LogP contribution in [0.25, 0.3) is 11.3 Å². The van der Waals surface area contributed by atoms with Gasteiger partial charge in [-0.25, -0.2) is 0 Å². The van der Waals surface area contributed by atoms with Crippen LogP contribution in [0.1, 0.15) is 10.4 Å². The van der Waals surface area contributed by atoms with Crippen LogP contribution in [0, 0.1) is 0 Å². The first-order valence-electron chi connectivity index (χ1n) is 4.19. The molecule has 0 aliphatic heterocycles. The van der Waals surface area contributed by atoms with Gasteiger partial charge in [0.1, 0.15) is 5.69 Å². The molecule has 0 saturated heterocycles. The minimum absolute atomic E-state index is 0.340. The molecule has 16 heavy (non-hydrogen) atoms. The van der Waals surface area contributed by atoms with Gasteiger partial charge in [-0.3, -0.25) is 4.79 Å². The molecule has 0 atom stereocenters. The van der Waals surface area contributed by atoms with Gasteiger partial charge in [-0.05, 0) is 28.1 Å². The Labute approximate surface area is 117 Å². The van der Waals surface area contributed by atoms with Gasteiger partial charge < -0.3 is 4.52 Å². The monoisotopic (exact) mass is 407 g/mol. The molecule has 2 aromatic rings. The Morgan fingerprint density at radius 3 is 2.62 bits per heavy atom. The molecular formula is C10H4Br3NO2. The van der Waals surface area contributed by atoms with Crippen molar-refractivity contribution in [2.24, 2.45) is 0 Å². The van der Waals surface area contributed by atoms with E-state index in [9.17, 15) is 4.79 Å². The van der Waals surface area contributed by atoms with Gasteiger partial charge in [0.05, 0.1) is 5.56 Å². The van der Waals surface area contributed by atoms with Crippen molar-refractivity contribution in [3.8, 4) is 11.3 Å². The van der Waals surface area contributed by atoms with E-state index < -0.39 is 0 Å². The van der Waals surface area contributed by atoms with Crippen LogP contribution >= 0.6 is 47.8 Å². The number of hydrogen-bond donors (Lipinski definition) is 0. The lowest BCUT2D eigenvalue weighted by molar-refractivity contribution is 0.112. The predicted octanol–water partition coefficient (Wildman–Crippen LogP) is 4.44. The third kappa shape index (κ3) is 2.14. The van der Waals surface area contributed by atoms with Gasteiger partial charge in [0, 0.05) is 14.5 Å². The summed E-state index contributed by atoms with van der Waals surface area (Å²) in [6, 6.07) is 5.61. The summed E-state index contributed by atoms with van der Waals surface area (Å²) in [5, 5.41) is 3.85. The third-order valence-corrected chi connectivity index (χ3v) is 3.71. The summed E-state index contributed by atoms with van der Waals surface area (Å²) in [4.78, 5) is 10.9. The third-order valence-electron chi connectivity index (χ3n) is 1.99. The number of carbonyl (C=O) groups excluding carboxylic acids is 1. The van der Waals surface area contributed by atoms with Crippen molar-refractivity contribution in [2.75, 3.05) is 0 Å². The highest BCUT2D eigenvalue weighted by Gasteiger charge is 2.17. The van der Waals surface area contributed by atoms with Crippen molar-refractivity contribution in [1.29, 1.82) is 0 Å². The molecule has 0 bridgehead atoms. The van der Waals surface area contributed by atoms with Crippen LogP contribution in [0.15, 0.2) is 36.3 Å².